The van der Waals surface area contributed by atoms with Crippen molar-refractivity contribution in [1.82, 2.24) is 10.6 Å². The van der Waals surface area contributed by atoms with Gasteiger partial charge in [0.25, 0.3) is 5.91 Å². The van der Waals surface area contributed by atoms with Gasteiger partial charge in [-0.05, 0) is 31.0 Å². The molecular formula is C17H27ClN4O3. The number of nitrogens with zero attached hydrogens (tertiary/aromatic N) is 1. The monoisotopic (exact) mass is 370 g/mol. The van der Waals surface area contributed by atoms with Gasteiger partial charge in [0, 0.05) is 25.2 Å². The zero-order valence-corrected chi connectivity index (χ0v) is 15.7. The first-order valence-electron chi connectivity index (χ1n) is 8.26. The lowest BCUT2D eigenvalue weighted by Crippen LogP contribution is -2.52. The number of nitrogens with two attached hydrogens (primary N) is 1. The molecule has 3 amide bonds. The van der Waals surface area contributed by atoms with Crippen LogP contribution in [0, 0.1) is 0 Å². The average Bonchev–Trinajstić information content (AvgIpc) is 3.05. The van der Waals surface area contributed by atoms with Crippen LogP contribution in [0.25, 0.3) is 0 Å². The molecule has 1 aromatic rings. The van der Waals surface area contributed by atoms with Crippen molar-refractivity contribution in [3.05, 3.63) is 23.8 Å². The van der Waals surface area contributed by atoms with E-state index in [1.165, 1.54) is 0 Å². The molecule has 0 saturated carbocycles. The first-order valence-corrected chi connectivity index (χ1v) is 8.26. The number of hydrogen-bond acceptors (Lipinski definition) is 4. The maximum absolute atomic E-state index is 12.7. The molecule has 0 radical (unpaired) electrons. The highest BCUT2D eigenvalue weighted by Gasteiger charge is 2.29. The highest BCUT2D eigenvalue weighted by molar-refractivity contribution is 6.00. The SMILES string of the molecule is CCC(CC)(CN)NC(=O)c1ccc(OC)c(N2CCNC2=O)c1.Cl. The Kier molecular flexibility index (Phi) is 7.51. The second kappa shape index (κ2) is 8.92. The van der Waals surface area contributed by atoms with Crippen molar-refractivity contribution >= 4 is 30.0 Å². The lowest BCUT2D eigenvalue weighted by Gasteiger charge is -2.31. The van der Waals surface area contributed by atoms with E-state index in [0.29, 0.717) is 36.6 Å². The molecule has 1 aromatic carbocycles. The van der Waals surface area contributed by atoms with Gasteiger partial charge in [-0.25, -0.2) is 4.79 Å². The fourth-order valence-corrected chi connectivity index (χ4v) is 2.82. The van der Waals surface area contributed by atoms with Gasteiger partial charge in [-0.1, -0.05) is 13.8 Å². The Morgan fingerprint density at radius 1 is 1.40 bits per heavy atom. The van der Waals surface area contributed by atoms with Crippen LogP contribution in [0.3, 0.4) is 0 Å². The molecule has 1 fully saturated rings. The third-order valence-corrected chi connectivity index (χ3v) is 4.71. The van der Waals surface area contributed by atoms with E-state index >= 15 is 0 Å². The molecule has 8 heteroatoms. The minimum Gasteiger partial charge on any atom is -0.495 e. The van der Waals surface area contributed by atoms with Gasteiger partial charge in [0.05, 0.1) is 18.3 Å². The number of anilines is 1. The zero-order chi connectivity index (χ0) is 17.7. The Morgan fingerprint density at radius 3 is 2.56 bits per heavy atom. The number of nitrogens with one attached hydrogen (secondary N) is 2. The van der Waals surface area contributed by atoms with Crippen LogP contribution in [0.1, 0.15) is 37.0 Å². The van der Waals surface area contributed by atoms with E-state index in [1.54, 1.807) is 30.2 Å². The Balaban J connectivity index is 0.00000312. The standard InChI is InChI=1S/C17H26N4O3.ClH/c1-4-17(5-2,11-18)20-15(22)12-6-7-14(24-3)13(10-12)21-9-8-19-16(21)23;/h6-7,10H,4-5,8-9,11,18H2,1-3H3,(H,19,23)(H,20,22);1H. The van der Waals surface area contributed by atoms with Gasteiger partial charge in [-0.2, -0.15) is 0 Å². The second-order valence-corrected chi connectivity index (χ2v) is 5.92. The highest BCUT2D eigenvalue weighted by atomic mass is 35.5. The third-order valence-electron chi connectivity index (χ3n) is 4.71. The number of methoxy groups -OCH3 is 1. The Hall–Kier alpha value is -1.99. The topological polar surface area (TPSA) is 96.7 Å². The average molecular weight is 371 g/mol. The molecule has 2 rings (SSSR count). The maximum atomic E-state index is 12.7. The van der Waals surface area contributed by atoms with Crippen molar-refractivity contribution < 1.29 is 14.3 Å². The van der Waals surface area contributed by atoms with Crippen LogP contribution < -0.4 is 26.0 Å². The molecular weight excluding hydrogens is 344 g/mol. The summed E-state index contributed by atoms with van der Waals surface area (Å²) in [5.41, 5.74) is 6.50. The number of amides is 3. The molecule has 0 bridgehead atoms. The predicted octanol–water partition coefficient (Wildman–Crippen LogP) is 1.89. The fourth-order valence-electron chi connectivity index (χ4n) is 2.82. The van der Waals surface area contributed by atoms with E-state index in [2.05, 4.69) is 10.6 Å². The molecule has 0 aliphatic carbocycles. The van der Waals surface area contributed by atoms with E-state index in [9.17, 15) is 9.59 Å². The first kappa shape index (κ1) is 21.1. The summed E-state index contributed by atoms with van der Waals surface area (Å²) in [6.07, 6.45) is 1.51. The van der Waals surface area contributed by atoms with Gasteiger partial charge < -0.3 is 21.1 Å². The molecule has 1 aliphatic rings. The quantitative estimate of drug-likeness (QED) is 0.682. The number of carbonyl (C=O) groups is 2. The number of carbonyl (C=O) groups excluding carboxylic acids is 2. The molecule has 0 spiro atoms. The van der Waals surface area contributed by atoms with E-state index in [4.69, 9.17) is 10.5 Å². The van der Waals surface area contributed by atoms with E-state index < -0.39 is 5.54 Å². The molecule has 0 aromatic heterocycles. The van der Waals surface area contributed by atoms with Gasteiger partial charge >= 0.3 is 6.03 Å². The molecule has 1 saturated heterocycles. The normalized spacial score (nSPS) is 13.9. The zero-order valence-electron chi connectivity index (χ0n) is 14.9. The summed E-state index contributed by atoms with van der Waals surface area (Å²) in [4.78, 5) is 26.2. The molecule has 140 valence electrons. The smallest absolute Gasteiger partial charge is 0.322 e. The largest absolute Gasteiger partial charge is 0.495 e. The van der Waals surface area contributed by atoms with E-state index in [1.807, 2.05) is 13.8 Å². The fraction of sp³-hybridized carbons (Fsp3) is 0.529. The Morgan fingerprint density at radius 2 is 2.08 bits per heavy atom. The van der Waals surface area contributed by atoms with Crippen LogP contribution in [-0.4, -0.2) is 44.2 Å². The highest BCUT2D eigenvalue weighted by Crippen LogP contribution is 2.30. The third kappa shape index (κ3) is 4.35. The van der Waals surface area contributed by atoms with Gasteiger partial charge in [0.15, 0.2) is 0 Å². The summed E-state index contributed by atoms with van der Waals surface area (Å²) < 4.78 is 5.33. The second-order valence-electron chi connectivity index (χ2n) is 5.92. The van der Waals surface area contributed by atoms with Gasteiger partial charge in [-0.3, -0.25) is 9.69 Å². The van der Waals surface area contributed by atoms with Crippen LogP contribution in [0.15, 0.2) is 18.2 Å². The molecule has 1 aliphatic heterocycles. The van der Waals surface area contributed by atoms with Crippen molar-refractivity contribution in [2.75, 3.05) is 31.6 Å². The van der Waals surface area contributed by atoms with Crippen molar-refractivity contribution in [3.8, 4) is 5.75 Å². The van der Waals surface area contributed by atoms with Crippen molar-refractivity contribution in [1.29, 1.82) is 0 Å². The molecule has 0 atom stereocenters. The number of hydrogen-bond donors (Lipinski definition) is 3. The summed E-state index contributed by atoms with van der Waals surface area (Å²) in [5.74, 6) is 0.354. The lowest BCUT2D eigenvalue weighted by molar-refractivity contribution is 0.0895. The molecule has 7 nitrogen and oxygen atoms in total. The summed E-state index contributed by atoms with van der Waals surface area (Å²) in [6, 6.07) is 4.89. The van der Waals surface area contributed by atoms with Crippen molar-refractivity contribution in [3.63, 3.8) is 0 Å². The van der Waals surface area contributed by atoms with Crippen molar-refractivity contribution in [2.24, 2.45) is 5.73 Å². The van der Waals surface area contributed by atoms with Gasteiger partial charge in [0.1, 0.15) is 5.75 Å². The van der Waals surface area contributed by atoms with Crippen molar-refractivity contribution in [2.45, 2.75) is 32.2 Å². The molecule has 1 heterocycles. The molecule has 0 unspecified atom stereocenters. The van der Waals surface area contributed by atoms with Gasteiger partial charge in [0.2, 0.25) is 0 Å². The summed E-state index contributed by atoms with van der Waals surface area (Å²) >= 11 is 0. The van der Waals surface area contributed by atoms with E-state index in [-0.39, 0.29) is 24.3 Å². The minimum atomic E-state index is -0.414. The number of benzene rings is 1. The van der Waals surface area contributed by atoms with Gasteiger partial charge in [-0.15, -0.1) is 12.4 Å². The number of halogens is 1. The number of rotatable bonds is 7. The minimum absolute atomic E-state index is 0. The Labute approximate surface area is 154 Å². The van der Waals surface area contributed by atoms with Crippen LogP contribution in [0.4, 0.5) is 10.5 Å². The number of ether oxygens (including phenoxy) is 1. The summed E-state index contributed by atoms with van der Waals surface area (Å²) in [6.45, 7) is 5.50. The van der Waals surface area contributed by atoms with Crippen LogP contribution in [0.5, 0.6) is 5.75 Å². The Bertz CT molecular complexity index is 612. The maximum Gasteiger partial charge on any atom is 0.322 e. The van der Waals surface area contributed by atoms with E-state index in [0.717, 1.165) is 12.8 Å². The molecule has 25 heavy (non-hydrogen) atoms. The summed E-state index contributed by atoms with van der Waals surface area (Å²) in [5, 5.41) is 5.79. The lowest BCUT2D eigenvalue weighted by atomic mass is 9.92. The molecule has 4 N–H and O–H groups in total. The predicted molar refractivity (Wildman–Crippen MR) is 101 cm³/mol. The summed E-state index contributed by atoms with van der Waals surface area (Å²) in [7, 11) is 1.54. The first-order chi connectivity index (χ1) is 11.5. The number of urea groups is 1. The van der Waals surface area contributed by atoms with Crippen LogP contribution in [-0.2, 0) is 0 Å². The van der Waals surface area contributed by atoms with Crippen LogP contribution in [0.2, 0.25) is 0 Å². The van der Waals surface area contributed by atoms with Crippen LogP contribution >= 0.6 is 12.4 Å².